The van der Waals surface area contributed by atoms with Gasteiger partial charge in [-0.3, -0.25) is 9.59 Å². The van der Waals surface area contributed by atoms with Crippen LogP contribution in [-0.4, -0.2) is 75.9 Å². The Morgan fingerprint density at radius 2 is 1.81 bits per heavy atom. The quantitative estimate of drug-likeness (QED) is 0.295. The minimum atomic E-state index is -1.60. The van der Waals surface area contributed by atoms with Gasteiger partial charge in [-0.05, 0) is 18.2 Å². The number of fused-ring (bicyclic) bond motifs is 1. The minimum absolute atomic E-state index is 0.0308. The fourth-order valence-corrected chi connectivity index (χ4v) is 3.91. The molecule has 3 aromatic rings. The second kappa shape index (κ2) is 10.0. The minimum Gasteiger partial charge on any atom is -0.508 e. The highest BCUT2D eigenvalue weighted by atomic mass is 16.7. The van der Waals surface area contributed by atoms with Gasteiger partial charge in [0.1, 0.15) is 46.5 Å². The van der Waals surface area contributed by atoms with Crippen molar-refractivity contribution in [3.05, 3.63) is 46.6 Å². The highest BCUT2D eigenvalue weighted by molar-refractivity contribution is 5.86. The van der Waals surface area contributed by atoms with Crippen LogP contribution in [0.4, 0.5) is 0 Å². The molecule has 2 heterocycles. The van der Waals surface area contributed by atoms with Gasteiger partial charge in [-0.2, -0.15) is 0 Å². The topological polar surface area (TPSA) is 185 Å². The molecule has 0 aliphatic carbocycles. The molecule has 1 aromatic heterocycles. The van der Waals surface area contributed by atoms with Crippen LogP contribution in [0.1, 0.15) is 6.92 Å². The summed E-state index contributed by atoms with van der Waals surface area (Å²) in [5.41, 5.74) is -0.187. The van der Waals surface area contributed by atoms with Crippen molar-refractivity contribution >= 4 is 16.9 Å². The third-order valence-corrected chi connectivity index (χ3v) is 5.61. The summed E-state index contributed by atoms with van der Waals surface area (Å²) >= 11 is 0. The molecule has 5 atom stereocenters. The van der Waals surface area contributed by atoms with E-state index in [9.17, 15) is 35.1 Å². The Kier molecular flexibility index (Phi) is 7.04. The summed E-state index contributed by atoms with van der Waals surface area (Å²) in [5.74, 6) is -1.13. The molecule has 0 saturated carbocycles. The summed E-state index contributed by atoms with van der Waals surface area (Å²) in [6, 6.07) is 7.82. The standard InChI is InChI=1S/C24H24O12/c1-10(26)33-23-22(31)21(30)19(9-25)36-24(23)35-15-4-3-11(5-17(15)32-2)16-8-14(29)20-13(28)6-12(27)7-18(20)34-16/h3-8,19,21-25,27-28,30-31H,9H2,1-2H3/t19-,21-,22+,23-,24-/m0/s1. The zero-order valence-corrected chi connectivity index (χ0v) is 19.2. The van der Waals surface area contributed by atoms with Crippen LogP contribution in [-0.2, 0) is 14.3 Å². The maximum Gasteiger partial charge on any atom is 0.303 e. The van der Waals surface area contributed by atoms with Crippen molar-refractivity contribution < 1.29 is 53.7 Å². The number of benzene rings is 2. The SMILES string of the molecule is COc1cc(-c2cc(=O)c3c(O)cc(O)cc3o2)ccc1O[C@H]1O[C@@H](CO)[C@H](O)[C@@H](O)[C@@H]1OC(C)=O. The molecule has 1 fully saturated rings. The molecule has 0 bridgehead atoms. The van der Waals surface area contributed by atoms with Gasteiger partial charge in [0.25, 0.3) is 0 Å². The lowest BCUT2D eigenvalue weighted by atomic mass is 9.99. The number of aliphatic hydroxyl groups excluding tert-OH is 3. The van der Waals surface area contributed by atoms with E-state index in [0.29, 0.717) is 5.56 Å². The summed E-state index contributed by atoms with van der Waals surface area (Å²) in [7, 11) is 1.35. The molecule has 192 valence electrons. The Morgan fingerprint density at radius 3 is 2.47 bits per heavy atom. The number of phenols is 2. The number of phenolic OH excluding ortho intramolecular Hbond substituents is 2. The van der Waals surface area contributed by atoms with Crippen LogP contribution >= 0.6 is 0 Å². The van der Waals surface area contributed by atoms with Crippen LogP contribution in [0.3, 0.4) is 0 Å². The molecular formula is C24H24O12. The zero-order valence-electron chi connectivity index (χ0n) is 19.2. The summed E-state index contributed by atoms with van der Waals surface area (Å²) < 4.78 is 27.5. The van der Waals surface area contributed by atoms with E-state index in [1.165, 1.54) is 37.4 Å². The number of ether oxygens (including phenoxy) is 4. The van der Waals surface area contributed by atoms with E-state index in [-0.39, 0.29) is 34.0 Å². The maximum atomic E-state index is 12.5. The Labute approximate surface area is 203 Å². The Balaban J connectivity index is 1.69. The number of carbonyl (C=O) groups is 1. The van der Waals surface area contributed by atoms with Crippen LogP contribution in [0.25, 0.3) is 22.3 Å². The predicted octanol–water partition coefficient (Wildman–Crippen LogP) is 0.629. The van der Waals surface area contributed by atoms with Gasteiger partial charge in [0.15, 0.2) is 23.0 Å². The van der Waals surface area contributed by atoms with Gasteiger partial charge >= 0.3 is 5.97 Å². The van der Waals surface area contributed by atoms with Crippen LogP contribution in [0, 0.1) is 0 Å². The fourth-order valence-electron chi connectivity index (χ4n) is 3.91. The first-order chi connectivity index (χ1) is 17.1. The lowest BCUT2D eigenvalue weighted by molar-refractivity contribution is -0.282. The van der Waals surface area contributed by atoms with Crippen molar-refractivity contribution in [1.82, 2.24) is 0 Å². The number of carbonyl (C=O) groups excluding carboxylic acids is 1. The average molecular weight is 504 g/mol. The largest absolute Gasteiger partial charge is 0.508 e. The van der Waals surface area contributed by atoms with Gasteiger partial charge in [-0.25, -0.2) is 0 Å². The number of hydrogen-bond acceptors (Lipinski definition) is 12. The molecule has 1 aliphatic heterocycles. The molecule has 0 amide bonds. The number of rotatable bonds is 6. The maximum absolute atomic E-state index is 12.5. The molecule has 0 unspecified atom stereocenters. The number of methoxy groups -OCH3 is 1. The van der Waals surface area contributed by atoms with Gasteiger partial charge in [-0.15, -0.1) is 0 Å². The molecule has 12 heteroatoms. The van der Waals surface area contributed by atoms with Crippen LogP contribution < -0.4 is 14.9 Å². The predicted molar refractivity (Wildman–Crippen MR) is 122 cm³/mol. The molecule has 0 radical (unpaired) electrons. The second-order valence-electron chi connectivity index (χ2n) is 8.08. The highest BCUT2D eigenvalue weighted by Gasteiger charge is 2.47. The highest BCUT2D eigenvalue weighted by Crippen LogP contribution is 2.37. The van der Waals surface area contributed by atoms with Gasteiger partial charge in [0.2, 0.25) is 6.29 Å². The van der Waals surface area contributed by atoms with Crippen molar-refractivity contribution in [3.63, 3.8) is 0 Å². The first kappa shape index (κ1) is 25.3. The van der Waals surface area contributed by atoms with Gasteiger partial charge in [0, 0.05) is 30.7 Å². The summed E-state index contributed by atoms with van der Waals surface area (Å²) in [5, 5.41) is 49.6. The lowest BCUT2D eigenvalue weighted by Gasteiger charge is -2.41. The van der Waals surface area contributed by atoms with Crippen molar-refractivity contribution in [2.75, 3.05) is 13.7 Å². The van der Waals surface area contributed by atoms with Gasteiger partial charge in [0.05, 0.1) is 13.7 Å². The van der Waals surface area contributed by atoms with E-state index >= 15 is 0 Å². The number of aromatic hydroxyl groups is 2. The molecular weight excluding hydrogens is 480 g/mol. The normalized spacial score (nSPS) is 23.9. The Hall–Kier alpha value is -3.84. The molecule has 36 heavy (non-hydrogen) atoms. The third-order valence-electron chi connectivity index (χ3n) is 5.61. The zero-order chi connectivity index (χ0) is 26.1. The van der Waals surface area contributed by atoms with Gasteiger partial charge in [-0.1, -0.05) is 0 Å². The monoisotopic (exact) mass is 504 g/mol. The summed E-state index contributed by atoms with van der Waals surface area (Å²) in [4.78, 5) is 24.1. The number of esters is 1. The Bertz CT molecular complexity index is 1330. The average Bonchev–Trinajstić information content (AvgIpc) is 2.82. The van der Waals surface area contributed by atoms with Crippen molar-refractivity contribution in [2.24, 2.45) is 0 Å². The fraction of sp³-hybridized carbons (Fsp3) is 0.333. The number of hydrogen-bond donors (Lipinski definition) is 5. The lowest BCUT2D eigenvalue weighted by Crippen LogP contribution is -2.61. The third kappa shape index (κ3) is 4.79. The summed E-state index contributed by atoms with van der Waals surface area (Å²) in [6.07, 6.45) is -7.16. The van der Waals surface area contributed by atoms with E-state index in [4.69, 9.17) is 23.4 Å². The van der Waals surface area contributed by atoms with Crippen LogP contribution in [0.15, 0.2) is 45.6 Å². The molecule has 2 aromatic carbocycles. The van der Waals surface area contributed by atoms with Gasteiger partial charge < -0.3 is 48.9 Å². The number of aliphatic hydroxyl groups is 3. The molecule has 1 saturated heterocycles. The first-order valence-corrected chi connectivity index (χ1v) is 10.8. The molecule has 1 aliphatic rings. The molecule has 0 spiro atoms. The van der Waals surface area contributed by atoms with Crippen LogP contribution in [0.5, 0.6) is 23.0 Å². The Morgan fingerprint density at radius 1 is 1.06 bits per heavy atom. The van der Waals surface area contributed by atoms with E-state index in [0.717, 1.165) is 13.0 Å². The molecule has 12 nitrogen and oxygen atoms in total. The van der Waals surface area contributed by atoms with E-state index in [2.05, 4.69) is 0 Å². The first-order valence-electron chi connectivity index (χ1n) is 10.8. The summed E-state index contributed by atoms with van der Waals surface area (Å²) in [6.45, 7) is 0.480. The second-order valence-corrected chi connectivity index (χ2v) is 8.08. The smallest absolute Gasteiger partial charge is 0.303 e. The van der Waals surface area contributed by atoms with Crippen molar-refractivity contribution in [2.45, 2.75) is 37.6 Å². The van der Waals surface area contributed by atoms with E-state index in [1.807, 2.05) is 0 Å². The van der Waals surface area contributed by atoms with E-state index in [1.54, 1.807) is 0 Å². The van der Waals surface area contributed by atoms with Crippen molar-refractivity contribution in [1.29, 1.82) is 0 Å². The van der Waals surface area contributed by atoms with Crippen molar-refractivity contribution in [3.8, 4) is 34.3 Å². The van der Waals surface area contributed by atoms with E-state index < -0.39 is 54.5 Å². The van der Waals surface area contributed by atoms with Crippen LogP contribution in [0.2, 0.25) is 0 Å². The molecule has 5 N–H and O–H groups in total. The molecule has 4 rings (SSSR count).